The van der Waals surface area contributed by atoms with Crippen molar-refractivity contribution in [1.29, 1.82) is 0 Å². The average Bonchev–Trinajstić information content (AvgIpc) is 3.09. The van der Waals surface area contributed by atoms with Crippen LogP contribution >= 0.6 is 35.5 Å². The molecule has 2 aliphatic heterocycles. The van der Waals surface area contributed by atoms with E-state index in [4.69, 9.17) is 5.73 Å². The molecule has 1 unspecified atom stereocenters. The monoisotopic (exact) mass is 348 g/mol. The van der Waals surface area contributed by atoms with E-state index in [1.165, 1.54) is 11.3 Å². The van der Waals surface area contributed by atoms with Gasteiger partial charge in [0, 0.05) is 42.2 Å². The smallest absolute Gasteiger partial charge is 0.239 e. The Kier molecular flexibility index (Phi) is 6.16. The summed E-state index contributed by atoms with van der Waals surface area (Å²) in [7, 11) is 0. The van der Waals surface area contributed by atoms with Crippen molar-refractivity contribution in [2.75, 3.05) is 36.9 Å². The van der Waals surface area contributed by atoms with E-state index in [1.54, 1.807) is 0 Å². The Morgan fingerprint density at radius 3 is 2.81 bits per heavy atom. The van der Waals surface area contributed by atoms with Crippen molar-refractivity contribution in [3.05, 3.63) is 11.1 Å². The zero-order valence-electron chi connectivity index (χ0n) is 11.9. The first kappa shape index (κ1) is 16.9. The van der Waals surface area contributed by atoms with Crippen LogP contribution in [-0.2, 0) is 11.3 Å². The number of rotatable bonds is 3. The van der Waals surface area contributed by atoms with E-state index in [9.17, 15) is 4.79 Å². The van der Waals surface area contributed by atoms with Gasteiger partial charge in [0.05, 0.1) is 6.04 Å². The van der Waals surface area contributed by atoms with Gasteiger partial charge >= 0.3 is 0 Å². The van der Waals surface area contributed by atoms with Gasteiger partial charge in [-0.25, -0.2) is 4.98 Å². The number of carbonyl (C=O) groups is 1. The molecule has 0 aliphatic carbocycles. The predicted molar refractivity (Wildman–Crippen MR) is 91.1 cm³/mol. The second-order valence-corrected chi connectivity index (χ2v) is 7.60. The van der Waals surface area contributed by atoms with Gasteiger partial charge in [0.2, 0.25) is 5.91 Å². The lowest BCUT2D eigenvalue weighted by Gasteiger charge is -2.32. The molecular formula is C13H21ClN4OS2. The second kappa shape index (κ2) is 7.67. The molecule has 2 saturated heterocycles. The summed E-state index contributed by atoms with van der Waals surface area (Å²) in [5.74, 6) is 2.47. The third kappa shape index (κ3) is 4.03. The molecule has 2 aliphatic rings. The molecule has 2 N–H and O–H groups in total. The molecule has 5 nitrogen and oxygen atoms in total. The van der Waals surface area contributed by atoms with Gasteiger partial charge in [0.15, 0.2) is 5.13 Å². The quantitative estimate of drug-likeness (QED) is 0.900. The van der Waals surface area contributed by atoms with E-state index in [1.807, 2.05) is 22.9 Å². The number of hydrogen-bond donors (Lipinski definition) is 1. The molecule has 0 radical (unpaired) electrons. The summed E-state index contributed by atoms with van der Waals surface area (Å²) < 4.78 is 0. The normalized spacial score (nSPS) is 23.0. The van der Waals surface area contributed by atoms with Crippen LogP contribution in [0.3, 0.4) is 0 Å². The lowest BCUT2D eigenvalue weighted by atomic mass is 10.2. The number of aromatic nitrogens is 1. The van der Waals surface area contributed by atoms with Crippen LogP contribution < -0.4 is 5.73 Å². The Morgan fingerprint density at radius 2 is 2.14 bits per heavy atom. The number of thiazole rings is 1. The van der Waals surface area contributed by atoms with Crippen molar-refractivity contribution >= 4 is 46.5 Å². The minimum atomic E-state index is 0. The topological polar surface area (TPSA) is 62.5 Å². The highest BCUT2D eigenvalue weighted by atomic mass is 35.5. The molecule has 1 aromatic rings. The number of nitrogens with two attached hydrogens (primary N) is 1. The first-order valence-corrected chi connectivity index (χ1v) is 9.02. The molecule has 1 atom stereocenters. The zero-order chi connectivity index (χ0) is 13.9. The van der Waals surface area contributed by atoms with Gasteiger partial charge in [-0.3, -0.25) is 9.69 Å². The number of likely N-dealkylation sites (tertiary alicyclic amines) is 1. The molecule has 2 fully saturated rings. The average molecular weight is 349 g/mol. The van der Waals surface area contributed by atoms with Gasteiger partial charge in [-0.15, -0.1) is 23.7 Å². The van der Waals surface area contributed by atoms with E-state index in [-0.39, 0.29) is 18.4 Å². The molecule has 21 heavy (non-hydrogen) atoms. The highest BCUT2D eigenvalue weighted by Gasteiger charge is 2.34. The van der Waals surface area contributed by atoms with Gasteiger partial charge in [-0.05, 0) is 19.4 Å². The molecule has 3 rings (SSSR count). The van der Waals surface area contributed by atoms with Gasteiger partial charge in [0.25, 0.3) is 0 Å². The zero-order valence-corrected chi connectivity index (χ0v) is 14.3. The minimum absolute atomic E-state index is 0. The van der Waals surface area contributed by atoms with E-state index in [0.717, 1.165) is 55.4 Å². The number of amides is 1. The summed E-state index contributed by atoms with van der Waals surface area (Å²) in [6.45, 7) is 3.60. The summed E-state index contributed by atoms with van der Waals surface area (Å²) in [5, 5.41) is 0.607. The number of thioether (sulfide) groups is 1. The molecule has 0 saturated carbocycles. The molecule has 0 bridgehead atoms. The number of nitrogens with zero attached hydrogens (tertiary/aromatic N) is 3. The fraction of sp³-hybridized carbons (Fsp3) is 0.692. The summed E-state index contributed by atoms with van der Waals surface area (Å²) in [6, 6.07) is 0.0569. The van der Waals surface area contributed by atoms with Crippen molar-refractivity contribution in [2.24, 2.45) is 0 Å². The van der Waals surface area contributed by atoms with Crippen molar-refractivity contribution in [1.82, 2.24) is 14.8 Å². The van der Waals surface area contributed by atoms with Crippen LogP contribution in [0.2, 0.25) is 0 Å². The Morgan fingerprint density at radius 1 is 1.38 bits per heavy atom. The summed E-state index contributed by atoms with van der Waals surface area (Å²) >= 11 is 3.46. The molecule has 0 spiro atoms. The Labute approximate surface area is 139 Å². The van der Waals surface area contributed by atoms with E-state index in [0.29, 0.717) is 11.0 Å². The van der Waals surface area contributed by atoms with Crippen molar-refractivity contribution < 1.29 is 4.79 Å². The molecule has 3 heterocycles. The molecular weight excluding hydrogens is 328 g/mol. The largest absolute Gasteiger partial charge is 0.375 e. The predicted octanol–water partition coefficient (Wildman–Crippen LogP) is 1.69. The maximum absolute atomic E-state index is 12.6. The van der Waals surface area contributed by atoms with Crippen LogP contribution in [0, 0.1) is 0 Å². The summed E-state index contributed by atoms with van der Waals surface area (Å²) in [6.07, 6.45) is 3.92. The highest BCUT2D eigenvalue weighted by molar-refractivity contribution is 7.99. The fourth-order valence-corrected chi connectivity index (χ4v) is 4.50. The number of hydrogen-bond acceptors (Lipinski definition) is 6. The second-order valence-electron chi connectivity index (χ2n) is 5.23. The van der Waals surface area contributed by atoms with Crippen molar-refractivity contribution in [2.45, 2.75) is 25.4 Å². The van der Waals surface area contributed by atoms with Crippen molar-refractivity contribution in [3.63, 3.8) is 0 Å². The van der Waals surface area contributed by atoms with Crippen LogP contribution in [0.4, 0.5) is 5.13 Å². The lowest BCUT2D eigenvalue weighted by Crippen LogP contribution is -2.48. The fourth-order valence-electron chi connectivity index (χ4n) is 2.89. The number of anilines is 1. The van der Waals surface area contributed by atoms with Gasteiger partial charge in [0.1, 0.15) is 0 Å². The van der Waals surface area contributed by atoms with Crippen molar-refractivity contribution in [3.8, 4) is 0 Å². The standard InChI is InChI=1S/C13H20N4OS2.ClH/c14-13-15-8-10(20-13)9-17-3-1-2-11(17)12(18)16-4-6-19-7-5-16;/h8,11H,1-7,9H2,(H2,14,15);1H. The SMILES string of the molecule is Cl.Nc1ncc(CN2CCCC2C(=O)N2CCSCC2)s1. The van der Waals surface area contributed by atoms with Crippen LogP contribution in [0.1, 0.15) is 17.7 Å². The van der Waals surface area contributed by atoms with E-state index in [2.05, 4.69) is 9.88 Å². The van der Waals surface area contributed by atoms with Crippen LogP contribution in [0.5, 0.6) is 0 Å². The highest BCUT2D eigenvalue weighted by Crippen LogP contribution is 2.25. The maximum atomic E-state index is 12.6. The summed E-state index contributed by atoms with van der Waals surface area (Å²) in [5.41, 5.74) is 5.68. The van der Waals surface area contributed by atoms with Crippen LogP contribution in [0.25, 0.3) is 0 Å². The third-order valence-corrected chi connectivity index (χ3v) is 5.66. The molecule has 8 heteroatoms. The lowest BCUT2D eigenvalue weighted by molar-refractivity contribution is -0.135. The number of nitrogen functional groups attached to an aromatic ring is 1. The number of carbonyl (C=O) groups excluding carboxylic acids is 1. The Balaban J connectivity index is 0.00000161. The van der Waals surface area contributed by atoms with E-state index >= 15 is 0 Å². The third-order valence-electron chi connectivity index (χ3n) is 3.90. The molecule has 1 aromatic heterocycles. The van der Waals surface area contributed by atoms with Crippen LogP contribution in [-0.4, -0.2) is 57.9 Å². The van der Waals surface area contributed by atoms with Crippen LogP contribution in [0.15, 0.2) is 6.20 Å². The van der Waals surface area contributed by atoms with Gasteiger partial charge in [-0.1, -0.05) is 0 Å². The molecule has 1 amide bonds. The first-order valence-electron chi connectivity index (χ1n) is 7.05. The molecule has 0 aromatic carbocycles. The van der Waals surface area contributed by atoms with E-state index < -0.39 is 0 Å². The Bertz CT molecular complexity index is 478. The Hall–Kier alpha value is -0.500. The maximum Gasteiger partial charge on any atom is 0.239 e. The minimum Gasteiger partial charge on any atom is -0.375 e. The van der Waals surface area contributed by atoms with Gasteiger partial charge < -0.3 is 10.6 Å². The molecule has 118 valence electrons. The summed E-state index contributed by atoms with van der Waals surface area (Å²) in [4.78, 5) is 22.2. The first-order chi connectivity index (χ1) is 9.74. The number of halogens is 1. The van der Waals surface area contributed by atoms with Gasteiger partial charge in [-0.2, -0.15) is 11.8 Å².